The summed E-state index contributed by atoms with van der Waals surface area (Å²) in [4.78, 5) is 14.6. The van der Waals surface area contributed by atoms with Crippen molar-refractivity contribution in [3.63, 3.8) is 0 Å². The van der Waals surface area contributed by atoms with E-state index in [0.717, 1.165) is 42.8 Å². The first kappa shape index (κ1) is 20.0. The van der Waals surface area contributed by atoms with Gasteiger partial charge in [0.1, 0.15) is 0 Å². The maximum Gasteiger partial charge on any atom is 0.223 e. The molecule has 5 nitrogen and oxygen atoms in total. The summed E-state index contributed by atoms with van der Waals surface area (Å²) in [5, 5.41) is 7.63. The molecule has 1 N–H and O–H groups in total. The van der Waals surface area contributed by atoms with Gasteiger partial charge < -0.3 is 14.7 Å². The maximum atomic E-state index is 12.5. The largest absolute Gasteiger partial charge is 0.367 e. The lowest BCUT2D eigenvalue weighted by Crippen LogP contribution is -2.59. The summed E-state index contributed by atoms with van der Waals surface area (Å²) in [5.41, 5.74) is 2.26. The molecule has 0 bridgehead atoms. The average molecular weight is 396 g/mol. The Morgan fingerprint density at radius 2 is 1.97 bits per heavy atom. The van der Waals surface area contributed by atoms with E-state index < -0.39 is 0 Å². The van der Waals surface area contributed by atoms with Crippen LogP contribution in [0.1, 0.15) is 57.4 Å². The van der Waals surface area contributed by atoms with E-state index in [1.165, 1.54) is 12.8 Å². The van der Waals surface area contributed by atoms with Crippen molar-refractivity contribution in [2.24, 2.45) is 17.3 Å². The highest BCUT2D eigenvalue weighted by Gasteiger charge is 2.49. The SMILES string of the molecule is CN(Cc1cc(CC2CC(NC(=O)C3CCCC3)C2(C)C)no1)c1ccccc1. The van der Waals surface area contributed by atoms with Crippen molar-refractivity contribution in [3.8, 4) is 0 Å². The molecule has 1 heterocycles. The van der Waals surface area contributed by atoms with Gasteiger partial charge in [0.2, 0.25) is 5.91 Å². The Bertz CT molecular complexity index is 824. The minimum absolute atomic E-state index is 0.0915. The fraction of sp³-hybridized carbons (Fsp3) is 0.583. The Kier molecular flexibility index (Phi) is 5.66. The van der Waals surface area contributed by atoms with Crippen molar-refractivity contribution in [1.29, 1.82) is 0 Å². The predicted octanol–water partition coefficient (Wildman–Crippen LogP) is 4.57. The van der Waals surface area contributed by atoms with Gasteiger partial charge in [0, 0.05) is 30.8 Å². The molecule has 5 heteroatoms. The normalized spacial score (nSPS) is 23.6. The van der Waals surface area contributed by atoms with Gasteiger partial charge >= 0.3 is 0 Å². The third kappa shape index (κ3) is 4.34. The number of amides is 1. The smallest absolute Gasteiger partial charge is 0.223 e. The number of carbonyl (C=O) groups excluding carboxylic acids is 1. The molecule has 0 saturated heterocycles. The number of aromatic nitrogens is 1. The van der Waals surface area contributed by atoms with Gasteiger partial charge in [-0.05, 0) is 49.1 Å². The summed E-state index contributed by atoms with van der Waals surface area (Å²) in [7, 11) is 2.06. The summed E-state index contributed by atoms with van der Waals surface area (Å²) in [5.74, 6) is 1.91. The van der Waals surface area contributed by atoms with Crippen LogP contribution in [-0.2, 0) is 17.8 Å². The molecule has 0 spiro atoms. The fourth-order valence-corrected chi connectivity index (χ4v) is 4.87. The molecule has 2 unspecified atom stereocenters. The monoisotopic (exact) mass is 395 g/mol. The van der Waals surface area contributed by atoms with Gasteiger partial charge in [0.15, 0.2) is 5.76 Å². The van der Waals surface area contributed by atoms with E-state index in [9.17, 15) is 4.79 Å². The number of hydrogen-bond acceptors (Lipinski definition) is 4. The average Bonchev–Trinajstić information content (AvgIpc) is 3.40. The second kappa shape index (κ2) is 8.21. The predicted molar refractivity (Wildman–Crippen MR) is 115 cm³/mol. The van der Waals surface area contributed by atoms with Crippen LogP contribution in [0, 0.1) is 17.3 Å². The Morgan fingerprint density at radius 3 is 2.66 bits per heavy atom. The minimum Gasteiger partial charge on any atom is -0.367 e. The highest BCUT2D eigenvalue weighted by molar-refractivity contribution is 5.79. The van der Waals surface area contributed by atoms with Crippen molar-refractivity contribution in [2.45, 2.75) is 65.0 Å². The van der Waals surface area contributed by atoms with Crippen molar-refractivity contribution in [2.75, 3.05) is 11.9 Å². The standard InChI is InChI=1S/C24H33N3O2/c1-24(2)18(14-22(24)25-23(28)17-9-7-8-10-17)13-19-15-21(29-26-19)16-27(3)20-11-5-4-6-12-20/h4-6,11-12,15,17-18,22H,7-10,13-14,16H2,1-3H3,(H,25,28). The van der Waals surface area contributed by atoms with Crippen LogP contribution in [0.25, 0.3) is 0 Å². The van der Waals surface area contributed by atoms with Crippen LogP contribution in [0.5, 0.6) is 0 Å². The topological polar surface area (TPSA) is 58.4 Å². The summed E-state index contributed by atoms with van der Waals surface area (Å²) in [6, 6.07) is 12.6. The molecule has 2 aliphatic rings. The Morgan fingerprint density at radius 1 is 1.24 bits per heavy atom. The molecule has 0 aliphatic heterocycles. The van der Waals surface area contributed by atoms with E-state index in [1.807, 2.05) is 18.2 Å². The second-order valence-corrected chi connectivity index (χ2v) is 9.48. The van der Waals surface area contributed by atoms with Crippen LogP contribution in [0.2, 0.25) is 0 Å². The van der Waals surface area contributed by atoms with Crippen LogP contribution in [0.4, 0.5) is 5.69 Å². The fourth-order valence-electron chi connectivity index (χ4n) is 4.87. The highest BCUT2D eigenvalue weighted by atomic mass is 16.5. The van der Waals surface area contributed by atoms with Crippen LogP contribution < -0.4 is 10.2 Å². The number of para-hydroxylation sites is 1. The number of hydrogen-bond donors (Lipinski definition) is 1. The van der Waals surface area contributed by atoms with Crippen LogP contribution in [-0.4, -0.2) is 24.2 Å². The van der Waals surface area contributed by atoms with Crippen molar-refractivity contribution in [1.82, 2.24) is 10.5 Å². The van der Waals surface area contributed by atoms with E-state index in [1.54, 1.807) is 0 Å². The lowest BCUT2D eigenvalue weighted by atomic mass is 9.57. The zero-order chi connectivity index (χ0) is 20.4. The Labute approximate surface area is 173 Å². The molecular weight excluding hydrogens is 362 g/mol. The van der Waals surface area contributed by atoms with Gasteiger partial charge in [0.25, 0.3) is 0 Å². The summed E-state index contributed by atoms with van der Waals surface area (Å²) >= 11 is 0. The quantitative estimate of drug-likeness (QED) is 0.746. The van der Waals surface area contributed by atoms with Gasteiger partial charge in [-0.1, -0.05) is 50.0 Å². The van der Waals surface area contributed by atoms with Crippen molar-refractivity contribution < 1.29 is 9.32 Å². The summed E-state index contributed by atoms with van der Waals surface area (Å²) in [6.45, 7) is 5.24. The number of anilines is 1. The van der Waals surface area contributed by atoms with Crippen molar-refractivity contribution in [3.05, 3.63) is 47.9 Å². The first-order valence-corrected chi connectivity index (χ1v) is 10.9. The molecule has 29 heavy (non-hydrogen) atoms. The Hall–Kier alpha value is -2.30. The van der Waals surface area contributed by atoms with E-state index in [2.05, 4.69) is 54.5 Å². The third-order valence-corrected chi connectivity index (χ3v) is 7.17. The van der Waals surface area contributed by atoms with E-state index in [4.69, 9.17) is 4.52 Å². The molecular formula is C24H33N3O2. The van der Waals surface area contributed by atoms with Crippen molar-refractivity contribution >= 4 is 11.6 Å². The van der Waals surface area contributed by atoms with Gasteiger partial charge in [-0.25, -0.2) is 0 Å². The van der Waals surface area contributed by atoms with Gasteiger partial charge in [-0.15, -0.1) is 0 Å². The lowest BCUT2D eigenvalue weighted by Gasteiger charge is -2.52. The maximum absolute atomic E-state index is 12.5. The zero-order valence-corrected chi connectivity index (χ0v) is 17.9. The van der Waals surface area contributed by atoms with Crippen LogP contribution in [0.15, 0.2) is 40.9 Å². The molecule has 1 aromatic carbocycles. The summed E-state index contributed by atoms with van der Waals surface area (Å²) in [6.07, 6.45) is 6.44. The van der Waals surface area contributed by atoms with Crippen LogP contribution >= 0.6 is 0 Å². The van der Waals surface area contributed by atoms with E-state index in [0.29, 0.717) is 12.5 Å². The zero-order valence-electron chi connectivity index (χ0n) is 17.9. The molecule has 2 atom stereocenters. The molecule has 1 aromatic heterocycles. The summed E-state index contributed by atoms with van der Waals surface area (Å²) < 4.78 is 5.59. The van der Waals surface area contributed by atoms with Gasteiger partial charge in [-0.2, -0.15) is 0 Å². The number of carbonyl (C=O) groups is 1. The molecule has 2 aliphatic carbocycles. The molecule has 2 saturated carbocycles. The molecule has 0 radical (unpaired) electrons. The number of benzene rings is 1. The molecule has 2 fully saturated rings. The first-order chi connectivity index (χ1) is 13.9. The molecule has 1 amide bonds. The van der Waals surface area contributed by atoms with E-state index in [-0.39, 0.29) is 23.3 Å². The molecule has 156 valence electrons. The first-order valence-electron chi connectivity index (χ1n) is 10.9. The second-order valence-electron chi connectivity index (χ2n) is 9.48. The minimum atomic E-state index is 0.0915. The number of nitrogens with zero attached hydrogens (tertiary/aromatic N) is 2. The van der Waals surface area contributed by atoms with Gasteiger partial charge in [0.05, 0.1) is 12.2 Å². The highest BCUT2D eigenvalue weighted by Crippen LogP contribution is 2.48. The van der Waals surface area contributed by atoms with Gasteiger partial charge in [-0.3, -0.25) is 4.79 Å². The van der Waals surface area contributed by atoms with E-state index >= 15 is 0 Å². The lowest BCUT2D eigenvalue weighted by molar-refractivity contribution is -0.129. The number of rotatable bonds is 7. The molecule has 4 rings (SSSR count). The Balaban J connectivity index is 1.29. The molecule has 2 aromatic rings. The van der Waals surface area contributed by atoms with Crippen LogP contribution in [0.3, 0.4) is 0 Å². The third-order valence-electron chi connectivity index (χ3n) is 7.17. The number of nitrogens with one attached hydrogen (secondary N) is 1.